The minimum Gasteiger partial charge on any atom is -0.483 e. The average molecular weight is 366 g/mol. The van der Waals surface area contributed by atoms with E-state index in [4.69, 9.17) is 21.4 Å². The topological polar surface area (TPSA) is 51.0 Å². The third kappa shape index (κ3) is 2.93. The second-order valence-corrected chi connectivity index (χ2v) is 5.01. The van der Waals surface area contributed by atoms with Crippen LogP contribution in [-0.4, -0.2) is 10.2 Å². The summed E-state index contributed by atoms with van der Waals surface area (Å²) < 4.78 is 12.4. The van der Waals surface area contributed by atoms with E-state index in [2.05, 4.69) is 42.1 Å². The van der Waals surface area contributed by atoms with Crippen molar-refractivity contribution in [3.05, 3.63) is 37.9 Å². The fourth-order valence-electron chi connectivity index (χ4n) is 1.05. The highest BCUT2D eigenvalue weighted by Gasteiger charge is 2.04. The molecule has 1 aromatic heterocycles. The Labute approximate surface area is 113 Å². The zero-order chi connectivity index (χ0) is 11.5. The Bertz CT molecular complexity index is 552. The van der Waals surface area contributed by atoms with Crippen LogP contribution < -0.4 is 4.74 Å². The van der Waals surface area contributed by atoms with Crippen molar-refractivity contribution in [2.24, 2.45) is 0 Å². The van der Waals surface area contributed by atoms with E-state index in [0.717, 1.165) is 8.95 Å². The minimum atomic E-state index is 0.230. The molecule has 1 aromatic carbocycles. The Balaban J connectivity index is 2.07. The predicted octanol–water partition coefficient (Wildman–Crippen LogP) is 3.84. The number of aromatic nitrogens is 2. The number of nitrogens with zero attached hydrogens (tertiary/aromatic N) is 1. The van der Waals surface area contributed by atoms with Gasteiger partial charge in [0.1, 0.15) is 5.75 Å². The van der Waals surface area contributed by atoms with E-state index in [1.807, 2.05) is 18.2 Å². The molecule has 4 nitrogen and oxygen atoms in total. The van der Waals surface area contributed by atoms with Crippen LogP contribution in [0.15, 0.2) is 31.6 Å². The van der Waals surface area contributed by atoms with Gasteiger partial charge in [0, 0.05) is 4.47 Å². The molecule has 0 atom stereocenters. The number of H-pyrrole nitrogens is 1. The molecule has 1 N–H and O–H groups in total. The first-order valence-electron chi connectivity index (χ1n) is 4.27. The van der Waals surface area contributed by atoms with E-state index in [0.29, 0.717) is 11.6 Å². The third-order valence-electron chi connectivity index (χ3n) is 1.73. The molecule has 84 valence electrons. The fraction of sp³-hybridized carbons (Fsp3) is 0.111. The number of rotatable bonds is 3. The van der Waals surface area contributed by atoms with E-state index in [9.17, 15) is 0 Å². The minimum absolute atomic E-state index is 0.230. The van der Waals surface area contributed by atoms with Gasteiger partial charge in [0.05, 0.1) is 4.47 Å². The van der Waals surface area contributed by atoms with Gasteiger partial charge in [0.15, 0.2) is 6.61 Å². The van der Waals surface area contributed by atoms with Crippen LogP contribution in [0.25, 0.3) is 0 Å². The van der Waals surface area contributed by atoms with Crippen molar-refractivity contribution in [1.82, 2.24) is 10.2 Å². The predicted molar refractivity (Wildman–Crippen MR) is 67.9 cm³/mol. The molecule has 0 unspecified atom stereocenters. The summed E-state index contributed by atoms with van der Waals surface area (Å²) in [5.41, 5.74) is 0. The van der Waals surface area contributed by atoms with Gasteiger partial charge < -0.3 is 9.15 Å². The lowest BCUT2D eigenvalue weighted by Gasteiger charge is -2.05. The van der Waals surface area contributed by atoms with Crippen molar-refractivity contribution in [1.29, 1.82) is 0 Å². The van der Waals surface area contributed by atoms with Gasteiger partial charge in [0.2, 0.25) is 0 Å². The van der Waals surface area contributed by atoms with Crippen LogP contribution in [-0.2, 0) is 6.61 Å². The third-order valence-corrected chi connectivity index (χ3v) is 3.02. The summed E-state index contributed by atoms with van der Waals surface area (Å²) in [6.07, 6.45) is 0. The standard InChI is InChI=1S/C9H6Br2N2O2S/c10-5-1-2-7(6(11)3-5)14-4-8-12-13-9(16)15-8/h1-3H,4H2,(H,13,16). The van der Waals surface area contributed by atoms with Crippen molar-refractivity contribution in [2.45, 2.75) is 6.61 Å². The first-order valence-corrected chi connectivity index (χ1v) is 6.27. The highest BCUT2D eigenvalue weighted by atomic mass is 79.9. The number of hydrogen-bond acceptors (Lipinski definition) is 4. The Morgan fingerprint density at radius 2 is 2.25 bits per heavy atom. The van der Waals surface area contributed by atoms with Gasteiger partial charge in [-0.1, -0.05) is 15.9 Å². The van der Waals surface area contributed by atoms with Crippen LogP contribution in [0.5, 0.6) is 5.75 Å². The number of ether oxygens (including phenoxy) is 1. The number of nitrogens with one attached hydrogen (secondary N) is 1. The van der Waals surface area contributed by atoms with Crippen LogP contribution in [0.2, 0.25) is 0 Å². The van der Waals surface area contributed by atoms with Crippen molar-refractivity contribution in [3.63, 3.8) is 0 Å². The molecule has 0 aliphatic heterocycles. The largest absolute Gasteiger partial charge is 0.483 e. The van der Waals surface area contributed by atoms with Gasteiger partial charge in [-0.15, -0.1) is 5.10 Å². The molecule has 1 heterocycles. The average Bonchev–Trinajstić information content (AvgIpc) is 2.63. The summed E-state index contributed by atoms with van der Waals surface area (Å²) in [5.74, 6) is 1.13. The first-order chi connectivity index (χ1) is 7.65. The molecule has 0 spiro atoms. The van der Waals surface area contributed by atoms with Gasteiger partial charge in [0.25, 0.3) is 10.7 Å². The van der Waals surface area contributed by atoms with Gasteiger partial charge in [-0.3, -0.25) is 0 Å². The summed E-state index contributed by atoms with van der Waals surface area (Å²) in [6, 6.07) is 5.63. The number of benzene rings is 1. The van der Waals surface area contributed by atoms with Crippen molar-refractivity contribution < 1.29 is 9.15 Å². The summed E-state index contributed by atoms with van der Waals surface area (Å²) in [6.45, 7) is 0.230. The highest BCUT2D eigenvalue weighted by Crippen LogP contribution is 2.28. The van der Waals surface area contributed by atoms with Crippen molar-refractivity contribution in [3.8, 4) is 5.75 Å². The van der Waals surface area contributed by atoms with Crippen LogP contribution in [0.3, 0.4) is 0 Å². The van der Waals surface area contributed by atoms with Gasteiger partial charge in [-0.25, -0.2) is 5.10 Å². The lowest BCUT2D eigenvalue weighted by molar-refractivity contribution is 0.260. The first kappa shape index (κ1) is 11.8. The van der Waals surface area contributed by atoms with Crippen molar-refractivity contribution in [2.75, 3.05) is 0 Å². The van der Waals surface area contributed by atoms with E-state index < -0.39 is 0 Å². The molecular weight excluding hydrogens is 360 g/mol. The molecule has 16 heavy (non-hydrogen) atoms. The van der Waals surface area contributed by atoms with E-state index in [1.54, 1.807) is 0 Å². The molecule has 2 rings (SSSR count). The lowest BCUT2D eigenvalue weighted by atomic mass is 10.3. The maximum atomic E-state index is 5.50. The molecule has 0 saturated carbocycles. The summed E-state index contributed by atoms with van der Waals surface area (Å²) in [5, 5.41) is 6.36. The molecule has 0 saturated heterocycles. The fourth-order valence-corrected chi connectivity index (χ4v) is 2.36. The summed E-state index contributed by atoms with van der Waals surface area (Å²) in [4.78, 5) is 0.244. The molecule has 0 fully saturated rings. The van der Waals surface area contributed by atoms with E-state index in [1.165, 1.54) is 0 Å². The Hall–Kier alpha value is -0.660. The maximum absolute atomic E-state index is 5.50. The number of hydrogen-bond donors (Lipinski definition) is 1. The zero-order valence-corrected chi connectivity index (χ0v) is 11.9. The summed E-state index contributed by atoms with van der Waals surface area (Å²) >= 11 is 11.5. The molecule has 0 amide bonds. The smallest absolute Gasteiger partial charge is 0.284 e. The molecular formula is C9H6Br2N2O2S. The van der Waals surface area contributed by atoms with Crippen LogP contribution >= 0.6 is 44.1 Å². The van der Waals surface area contributed by atoms with Gasteiger partial charge in [-0.2, -0.15) is 0 Å². The highest BCUT2D eigenvalue weighted by molar-refractivity contribution is 9.11. The Kier molecular flexibility index (Phi) is 3.78. The monoisotopic (exact) mass is 364 g/mol. The molecule has 0 radical (unpaired) electrons. The van der Waals surface area contributed by atoms with Crippen LogP contribution in [0.4, 0.5) is 0 Å². The Morgan fingerprint density at radius 1 is 1.44 bits per heavy atom. The molecule has 0 aliphatic carbocycles. The van der Waals surface area contributed by atoms with Gasteiger partial charge >= 0.3 is 0 Å². The lowest BCUT2D eigenvalue weighted by Crippen LogP contribution is -1.96. The van der Waals surface area contributed by atoms with Gasteiger partial charge in [-0.05, 0) is 46.3 Å². The zero-order valence-electron chi connectivity index (χ0n) is 7.87. The second kappa shape index (κ2) is 5.11. The number of halogens is 2. The normalized spacial score (nSPS) is 10.4. The van der Waals surface area contributed by atoms with Crippen molar-refractivity contribution >= 4 is 44.1 Å². The molecule has 0 bridgehead atoms. The summed E-state index contributed by atoms with van der Waals surface area (Å²) in [7, 11) is 0. The van der Waals surface area contributed by atoms with E-state index in [-0.39, 0.29) is 11.4 Å². The molecule has 0 aliphatic rings. The Morgan fingerprint density at radius 3 is 2.88 bits per heavy atom. The quantitative estimate of drug-likeness (QED) is 0.839. The maximum Gasteiger partial charge on any atom is 0.284 e. The second-order valence-electron chi connectivity index (χ2n) is 2.87. The SMILES string of the molecule is S=c1[nH]nc(COc2ccc(Br)cc2Br)o1. The van der Waals surface area contributed by atoms with E-state index >= 15 is 0 Å². The van der Waals surface area contributed by atoms with Crippen LogP contribution in [0, 0.1) is 4.84 Å². The number of aromatic amines is 1. The molecule has 7 heteroatoms. The molecule has 2 aromatic rings. The van der Waals surface area contributed by atoms with Crippen LogP contribution in [0.1, 0.15) is 5.89 Å².